The number of allylic oxidation sites excluding steroid dienone is 1. The van der Waals surface area contributed by atoms with Gasteiger partial charge in [0.2, 0.25) is 0 Å². The van der Waals surface area contributed by atoms with Crippen molar-refractivity contribution in [2.45, 2.75) is 45.3 Å². The number of aromatic nitrogens is 4. The van der Waals surface area contributed by atoms with E-state index >= 15 is 4.39 Å². The lowest BCUT2D eigenvalue weighted by Crippen LogP contribution is -2.34. The molecule has 0 radical (unpaired) electrons. The van der Waals surface area contributed by atoms with E-state index in [0.717, 1.165) is 16.5 Å². The number of aliphatic hydroxyl groups excluding tert-OH is 2. The van der Waals surface area contributed by atoms with Crippen molar-refractivity contribution < 1.29 is 42.9 Å². The topological polar surface area (TPSA) is 200 Å². The Morgan fingerprint density at radius 3 is 2.50 bits per heavy atom. The maximum absolute atomic E-state index is 15.4. The second-order valence-corrected chi connectivity index (χ2v) is 12.5. The molecule has 2 heterocycles. The van der Waals surface area contributed by atoms with Gasteiger partial charge in [-0.05, 0) is 24.5 Å². The van der Waals surface area contributed by atoms with Crippen molar-refractivity contribution in [1.82, 2.24) is 19.5 Å². The number of benzene rings is 1. The van der Waals surface area contributed by atoms with E-state index in [1.807, 2.05) is 30.3 Å². The first-order valence-corrected chi connectivity index (χ1v) is 15.1. The summed E-state index contributed by atoms with van der Waals surface area (Å²) in [4.78, 5) is 40.4. The van der Waals surface area contributed by atoms with Gasteiger partial charge in [-0.15, -0.1) is 0 Å². The smallest absolute Gasteiger partial charge is 0.340 e. The molecule has 3 rings (SSSR count). The zero-order valence-electron chi connectivity index (χ0n) is 20.6. The fourth-order valence-corrected chi connectivity index (χ4v) is 6.16. The van der Waals surface area contributed by atoms with Crippen molar-refractivity contribution >= 4 is 32.2 Å². The second-order valence-electron chi connectivity index (χ2n) is 8.49. The van der Waals surface area contributed by atoms with Crippen LogP contribution >= 0.6 is 15.2 Å². The van der Waals surface area contributed by atoms with Gasteiger partial charge in [0.05, 0.1) is 12.9 Å². The lowest BCUT2D eigenvalue weighted by atomic mass is 10.0. The van der Waals surface area contributed by atoms with Gasteiger partial charge in [0.1, 0.15) is 11.9 Å². The van der Waals surface area contributed by atoms with Crippen LogP contribution < -0.4 is 5.32 Å². The summed E-state index contributed by atoms with van der Waals surface area (Å²) in [5.41, 5.74) is 1.15. The summed E-state index contributed by atoms with van der Waals surface area (Å²) in [6, 6.07) is 9.50. The van der Waals surface area contributed by atoms with Gasteiger partial charge in [0.25, 0.3) is 0 Å². The molecule has 0 saturated carbocycles. The molecular weight excluding hydrogens is 543 g/mol. The van der Waals surface area contributed by atoms with Crippen LogP contribution in [-0.4, -0.2) is 69.2 Å². The molecule has 38 heavy (non-hydrogen) atoms. The van der Waals surface area contributed by atoms with E-state index in [1.165, 1.54) is 6.08 Å². The molecule has 0 aliphatic heterocycles. The molecule has 1 unspecified atom stereocenters. The van der Waals surface area contributed by atoms with Crippen LogP contribution in [0.3, 0.4) is 0 Å². The predicted octanol–water partition coefficient (Wildman–Crippen LogP) is 2.61. The minimum absolute atomic E-state index is 0.106. The molecule has 0 saturated heterocycles. The van der Waals surface area contributed by atoms with Crippen LogP contribution in [0.15, 0.2) is 48.3 Å². The molecule has 0 amide bonds. The standard InChI is InChI=1S/C22H30FN5O8P2/c1-3-7-16(11-36-38(34,35)13-37(31,32)33)19(29)17(23)22(30)28-12-25-18-20(26-14(2)27-21(18)28)24-10-15-8-5-4-6-9-15/h4-9,12,17,19,22,29-30H,3,10-11,13H2,1-2H3,(H,34,35)(H,24,26,27)(H2,31,32,33)/b16-7-/t17-,19+,22+/m0/s1. The number of imidazole rings is 1. The SMILES string of the molecule is CC/C=C(/COP(=O)(O)CP(=O)(O)O)[C@@H](O)[C@H](F)[C@@H](O)n1cnc2c(NCc3ccccc3)nc(C)nc21. The number of halogens is 1. The van der Waals surface area contributed by atoms with Crippen molar-refractivity contribution in [2.75, 3.05) is 17.8 Å². The molecule has 13 nitrogen and oxygen atoms in total. The number of nitrogens with zero attached hydrogens (tertiary/aromatic N) is 4. The van der Waals surface area contributed by atoms with Crippen LogP contribution in [0.25, 0.3) is 11.2 Å². The fraction of sp³-hybridized carbons (Fsp3) is 0.409. The Balaban J connectivity index is 1.80. The number of aliphatic hydroxyl groups is 2. The zero-order chi connectivity index (χ0) is 28.1. The molecule has 0 spiro atoms. The molecule has 16 heteroatoms. The number of anilines is 1. The van der Waals surface area contributed by atoms with E-state index in [1.54, 1.807) is 13.8 Å². The number of fused-ring (bicyclic) bond motifs is 1. The van der Waals surface area contributed by atoms with E-state index in [2.05, 4.69) is 20.3 Å². The number of rotatable bonds is 13. The molecule has 1 aromatic carbocycles. The summed E-state index contributed by atoms with van der Waals surface area (Å²) in [5.74, 6) is -0.749. The van der Waals surface area contributed by atoms with Gasteiger partial charge in [-0.25, -0.2) is 19.3 Å². The Morgan fingerprint density at radius 1 is 1.18 bits per heavy atom. The van der Waals surface area contributed by atoms with Crippen LogP contribution in [0, 0.1) is 6.92 Å². The largest absolute Gasteiger partial charge is 0.385 e. The summed E-state index contributed by atoms with van der Waals surface area (Å²) < 4.78 is 44.1. The summed E-state index contributed by atoms with van der Waals surface area (Å²) in [5, 5.41) is 24.5. The van der Waals surface area contributed by atoms with Crippen molar-refractivity contribution in [3.63, 3.8) is 0 Å². The van der Waals surface area contributed by atoms with Gasteiger partial charge in [-0.2, -0.15) is 0 Å². The fourth-order valence-electron chi connectivity index (χ4n) is 3.62. The summed E-state index contributed by atoms with van der Waals surface area (Å²) in [7, 11) is -9.62. The number of hydrogen-bond acceptors (Lipinski definition) is 9. The van der Waals surface area contributed by atoms with Gasteiger partial charge < -0.3 is 34.7 Å². The van der Waals surface area contributed by atoms with Gasteiger partial charge in [-0.1, -0.05) is 43.3 Å². The highest BCUT2D eigenvalue weighted by Gasteiger charge is 2.35. The highest BCUT2D eigenvalue weighted by molar-refractivity contribution is 7.70. The number of aryl methyl sites for hydroxylation is 1. The van der Waals surface area contributed by atoms with E-state index < -0.39 is 46.2 Å². The van der Waals surface area contributed by atoms with Crippen molar-refractivity contribution in [2.24, 2.45) is 0 Å². The number of hydrogen-bond donors (Lipinski definition) is 6. The molecule has 208 valence electrons. The summed E-state index contributed by atoms with van der Waals surface area (Å²) in [6.45, 7) is 2.89. The molecule has 0 aliphatic rings. The minimum atomic E-state index is -4.87. The third-order valence-electron chi connectivity index (χ3n) is 5.35. The predicted molar refractivity (Wildman–Crippen MR) is 137 cm³/mol. The molecule has 0 bridgehead atoms. The highest BCUT2D eigenvalue weighted by Crippen LogP contribution is 2.55. The Labute approximate surface area is 217 Å². The third-order valence-corrected chi connectivity index (χ3v) is 8.79. The lowest BCUT2D eigenvalue weighted by molar-refractivity contribution is -0.0352. The first-order valence-electron chi connectivity index (χ1n) is 11.5. The highest BCUT2D eigenvalue weighted by atomic mass is 31.2. The zero-order valence-corrected chi connectivity index (χ0v) is 22.4. The van der Waals surface area contributed by atoms with Gasteiger partial charge in [0, 0.05) is 6.54 Å². The average Bonchev–Trinajstić information content (AvgIpc) is 3.26. The monoisotopic (exact) mass is 573 g/mol. The second kappa shape index (κ2) is 12.5. The van der Waals surface area contributed by atoms with Crippen LogP contribution in [0.1, 0.15) is 31.0 Å². The van der Waals surface area contributed by atoms with Gasteiger partial charge in [-0.3, -0.25) is 13.7 Å². The van der Waals surface area contributed by atoms with Crippen molar-refractivity contribution in [3.8, 4) is 0 Å². The van der Waals surface area contributed by atoms with E-state index in [9.17, 15) is 24.2 Å². The molecular formula is C22H30FN5O8P2. The molecule has 6 N–H and O–H groups in total. The summed E-state index contributed by atoms with van der Waals surface area (Å²) in [6.07, 6.45) is -3.57. The van der Waals surface area contributed by atoms with Crippen LogP contribution in [-0.2, 0) is 20.2 Å². The van der Waals surface area contributed by atoms with Crippen molar-refractivity contribution in [3.05, 3.63) is 59.7 Å². The van der Waals surface area contributed by atoms with Crippen LogP contribution in [0.4, 0.5) is 10.2 Å². The molecule has 2 aromatic heterocycles. The Bertz CT molecular complexity index is 1370. The Hall–Kier alpha value is -2.54. The normalized spacial score (nSPS) is 16.7. The molecule has 0 aliphatic carbocycles. The first-order chi connectivity index (χ1) is 17.8. The van der Waals surface area contributed by atoms with Crippen LogP contribution in [0.5, 0.6) is 0 Å². The van der Waals surface area contributed by atoms with Gasteiger partial charge >= 0.3 is 15.2 Å². The average molecular weight is 573 g/mol. The molecule has 0 fully saturated rings. The number of nitrogens with one attached hydrogen (secondary N) is 1. The van der Waals surface area contributed by atoms with E-state index in [0.29, 0.717) is 18.2 Å². The van der Waals surface area contributed by atoms with Gasteiger partial charge in [0.15, 0.2) is 35.3 Å². The number of alkyl halides is 1. The maximum Gasteiger partial charge on any atom is 0.340 e. The van der Waals surface area contributed by atoms with Crippen molar-refractivity contribution in [1.29, 1.82) is 0 Å². The van der Waals surface area contributed by atoms with E-state index in [-0.39, 0.29) is 23.2 Å². The molecule has 4 atom stereocenters. The Morgan fingerprint density at radius 2 is 1.87 bits per heavy atom. The Kier molecular flexibility index (Phi) is 9.91. The molecule has 3 aromatic rings. The minimum Gasteiger partial charge on any atom is -0.385 e. The van der Waals surface area contributed by atoms with Crippen LogP contribution in [0.2, 0.25) is 0 Å². The quantitative estimate of drug-likeness (QED) is 0.129. The first kappa shape index (κ1) is 30.0. The lowest BCUT2D eigenvalue weighted by Gasteiger charge is -2.25. The maximum atomic E-state index is 15.4. The van der Waals surface area contributed by atoms with E-state index in [4.69, 9.17) is 14.3 Å². The third kappa shape index (κ3) is 7.98. The summed E-state index contributed by atoms with van der Waals surface area (Å²) >= 11 is 0.